The molecule has 2 N–H and O–H groups in total. The fourth-order valence-electron chi connectivity index (χ4n) is 2.42. The van der Waals surface area contributed by atoms with Crippen molar-refractivity contribution in [1.82, 2.24) is 4.98 Å². The molecule has 30 heavy (non-hydrogen) atoms. The first kappa shape index (κ1) is 22.1. The van der Waals surface area contributed by atoms with E-state index in [0.717, 1.165) is 0 Å². The van der Waals surface area contributed by atoms with E-state index in [-0.39, 0.29) is 22.2 Å². The topological polar surface area (TPSA) is 80.3 Å². The largest absolute Gasteiger partial charge is 0.497 e. The number of thiazole rings is 1. The molecular weight excluding hydrogens is 449 g/mol. The molecule has 0 aliphatic carbocycles. The summed E-state index contributed by atoms with van der Waals surface area (Å²) in [6, 6.07) is 11.1. The number of aromatic nitrogens is 1. The minimum Gasteiger partial charge on any atom is -0.497 e. The summed E-state index contributed by atoms with van der Waals surface area (Å²) in [7, 11) is 1.58. The zero-order valence-corrected chi connectivity index (χ0v) is 18.2. The maximum atomic E-state index is 13.8. The Morgan fingerprint density at radius 3 is 2.67 bits per heavy atom. The predicted molar refractivity (Wildman–Crippen MR) is 119 cm³/mol. The first-order valence-corrected chi connectivity index (χ1v) is 11.1. The number of rotatable bonds is 8. The van der Waals surface area contributed by atoms with Crippen molar-refractivity contribution in [1.29, 1.82) is 0 Å². The van der Waals surface area contributed by atoms with E-state index in [4.69, 9.17) is 16.3 Å². The van der Waals surface area contributed by atoms with Crippen LogP contribution in [0.1, 0.15) is 16.1 Å². The third-order valence-corrected chi connectivity index (χ3v) is 5.91. The SMILES string of the molecule is COc1ccc(NC(=O)CSCc2csc(NC(=O)c3c(F)cccc3Cl)n2)cc1. The lowest BCUT2D eigenvalue weighted by atomic mass is 10.2. The Bertz CT molecular complexity index is 1020. The monoisotopic (exact) mass is 465 g/mol. The van der Waals surface area contributed by atoms with E-state index in [1.54, 1.807) is 36.8 Å². The Morgan fingerprint density at radius 2 is 1.97 bits per heavy atom. The molecule has 0 aliphatic rings. The van der Waals surface area contributed by atoms with Gasteiger partial charge in [0.05, 0.1) is 29.1 Å². The predicted octanol–water partition coefficient (Wildman–Crippen LogP) is 5.07. The number of amides is 2. The molecule has 0 fully saturated rings. The average Bonchev–Trinajstić information content (AvgIpc) is 3.15. The number of nitrogens with zero attached hydrogens (tertiary/aromatic N) is 1. The van der Waals surface area contributed by atoms with Gasteiger partial charge < -0.3 is 10.1 Å². The van der Waals surface area contributed by atoms with Crippen LogP contribution in [0, 0.1) is 5.82 Å². The van der Waals surface area contributed by atoms with E-state index < -0.39 is 11.7 Å². The Kier molecular flexibility index (Phi) is 7.67. The lowest BCUT2D eigenvalue weighted by Crippen LogP contribution is -2.14. The van der Waals surface area contributed by atoms with Gasteiger partial charge in [0.25, 0.3) is 5.91 Å². The molecule has 0 atom stereocenters. The summed E-state index contributed by atoms with van der Waals surface area (Å²) in [4.78, 5) is 28.6. The van der Waals surface area contributed by atoms with Crippen LogP contribution in [0.15, 0.2) is 47.8 Å². The number of carbonyl (C=O) groups is 2. The molecule has 6 nitrogen and oxygen atoms in total. The van der Waals surface area contributed by atoms with Gasteiger partial charge in [-0.1, -0.05) is 17.7 Å². The zero-order valence-electron chi connectivity index (χ0n) is 15.8. The average molecular weight is 466 g/mol. The Morgan fingerprint density at radius 1 is 1.20 bits per heavy atom. The van der Waals surface area contributed by atoms with Gasteiger partial charge in [0.2, 0.25) is 5.91 Å². The van der Waals surface area contributed by atoms with E-state index in [0.29, 0.717) is 28.0 Å². The van der Waals surface area contributed by atoms with Crippen LogP contribution >= 0.6 is 34.7 Å². The van der Waals surface area contributed by atoms with Crippen LogP contribution in [0.25, 0.3) is 0 Å². The molecule has 0 unspecified atom stereocenters. The molecule has 2 amide bonds. The number of hydrogen-bond acceptors (Lipinski definition) is 6. The van der Waals surface area contributed by atoms with E-state index in [1.165, 1.54) is 41.3 Å². The van der Waals surface area contributed by atoms with Gasteiger partial charge in [0.1, 0.15) is 11.6 Å². The number of hydrogen-bond donors (Lipinski definition) is 2. The van der Waals surface area contributed by atoms with Crippen molar-refractivity contribution in [2.24, 2.45) is 0 Å². The number of methoxy groups -OCH3 is 1. The van der Waals surface area contributed by atoms with E-state index >= 15 is 0 Å². The number of benzene rings is 2. The van der Waals surface area contributed by atoms with Gasteiger partial charge in [-0.05, 0) is 36.4 Å². The van der Waals surface area contributed by atoms with Gasteiger partial charge in [-0.2, -0.15) is 0 Å². The second kappa shape index (κ2) is 10.4. The summed E-state index contributed by atoms with van der Waals surface area (Å²) in [5.74, 6) is -0.0474. The number of nitrogens with one attached hydrogen (secondary N) is 2. The van der Waals surface area contributed by atoms with Crippen molar-refractivity contribution in [3.63, 3.8) is 0 Å². The summed E-state index contributed by atoms with van der Waals surface area (Å²) in [6.45, 7) is 0. The maximum absolute atomic E-state index is 13.8. The zero-order chi connectivity index (χ0) is 21.5. The van der Waals surface area contributed by atoms with Gasteiger partial charge >= 0.3 is 0 Å². The van der Waals surface area contributed by atoms with Crippen LogP contribution in [0.5, 0.6) is 5.75 Å². The highest BCUT2D eigenvalue weighted by atomic mass is 35.5. The van der Waals surface area contributed by atoms with Crippen LogP contribution in [0.4, 0.5) is 15.2 Å². The van der Waals surface area contributed by atoms with Gasteiger partial charge in [-0.15, -0.1) is 23.1 Å². The Balaban J connectivity index is 1.47. The van der Waals surface area contributed by atoms with Crippen molar-refractivity contribution < 1.29 is 18.7 Å². The molecular formula is C20H17ClFN3O3S2. The van der Waals surface area contributed by atoms with Crippen LogP contribution < -0.4 is 15.4 Å². The molecule has 0 spiro atoms. The van der Waals surface area contributed by atoms with Gasteiger partial charge in [0, 0.05) is 16.8 Å². The fourth-order valence-corrected chi connectivity index (χ4v) is 4.20. The molecule has 3 aromatic rings. The molecule has 1 aromatic heterocycles. The molecule has 1 heterocycles. The molecule has 156 valence electrons. The first-order chi connectivity index (χ1) is 14.5. The Hall–Kier alpha value is -2.62. The maximum Gasteiger partial charge on any atom is 0.261 e. The number of carbonyl (C=O) groups excluding carboxylic acids is 2. The first-order valence-electron chi connectivity index (χ1n) is 8.67. The van der Waals surface area contributed by atoms with Crippen LogP contribution in [0.2, 0.25) is 5.02 Å². The van der Waals surface area contributed by atoms with Crippen LogP contribution in [-0.4, -0.2) is 29.7 Å². The van der Waals surface area contributed by atoms with Crippen molar-refractivity contribution in [3.8, 4) is 5.75 Å². The highest BCUT2D eigenvalue weighted by Crippen LogP contribution is 2.24. The second-order valence-electron chi connectivity index (χ2n) is 5.96. The summed E-state index contributed by atoms with van der Waals surface area (Å²) in [6.07, 6.45) is 0. The highest BCUT2D eigenvalue weighted by Gasteiger charge is 2.17. The Labute approximate surface area is 185 Å². The normalized spacial score (nSPS) is 10.5. The van der Waals surface area contributed by atoms with Crippen molar-refractivity contribution in [3.05, 3.63) is 69.9 Å². The van der Waals surface area contributed by atoms with Crippen molar-refractivity contribution in [2.45, 2.75) is 5.75 Å². The standard InChI is InChI=1S/C20H17ClFN3O3S2/c1-28-14-7-5-12(6-8-14)23-17(26)11-29-9-13-10-30-20(24-13)25-19(27)18-15(21)3-2-4-16(18)22/h2-8,10H,9,11H2,1H3,(H,23,26)(H,24,25,27). The fraction of sp³-hybridized carbons (Fsp3) is 0.150. The second-order valence-corrected chi connectivity index (χ2v) is 8.22. The van der Waals surface area contributed by atoms with E-state index in [1.807, 2.05) is 0 Å². The molecule has 10 heteroatoms. The number of thioether (sulfide) groups is 1. The molecule has 0 saturated carbocycles. The van der Waals surface area contributed by atoms with Crippen molar-refractivity contribution in [2.75, 3.05) is 23.5 Å². The van der Waals surface area contributed by atoms with Crippen molar-refractivity contribution >= 4 is 57.3 Å². The minimum absolute atomic E-state index is 0.0303. The quantitative estimate of drug-likeness (QED) is 0.485. The van der Waals surface area contributed by atoms with Gasteiger partial charge in [-0.25, -0.2) is 9.37 Å². The highest BCUT2D eigenvalue weighted by molar-refractivity contribution is 7.99. The van der Waals surface area contributed by atoms with Gasteiger partial charge in [-0.3, -0.25) is 14.9 Å². The summed E-state index contributed by atoms with van der Waals surface area (Å²) >= 11 is 8.51. The number of anilines is 2. The lowest BCUT2D eigenvalue weighted by molar-refractivity contribution is -0.113. The molecule has 0 aliphatic heterocycles. The molecule has 0 saturated heterocycles. The summed E-state index contributed by atoms with van der Waals surface area (Å²) < 4.78 is 18.9. The smallest absolute Gasteiger partial charge is 0.261 e. The van der Waals surface area contributed by atoms with Gasteiger partial charge in [0.15, 0.2) is 5.13 Å². The number of ether oxygens (including phenoxy) is 1. The van der Waals surface area contributed by atoms with Crippen LogP contribution in [0.3, 0.4) is 0 Å². The van der Waals surface area contributed by atoms with E-state index in [2.05, 4.69) is 15.6 Å². The summed E-state index contributed by atoms with van der Waals surface area (Å²) in [5.41, 5.74) is 1.17. The third kappa shape index (κ3) is 5.94. The molecule has 2 aromatic carbocycles. The van der Waals surface area contributed by atoms with Crippen LogP contribution in [-0.2, 0) is 10.5 Å². The minimum atomic E-state index is -0.699. The summed E-state index contributed by atoms with van der Waals surface area (Å²) in [5, 5.41) is 7.48. The lowest BCUT2D eigenvalue weighted by Gasteiger charge is -2.06. The molecule has 3 rings (SSSR count). The number of halogens is 2. The third-order valence-electron chi connectivity index (χ3n) is 3.82. The molecule has 0 bridgehead atoms. The van der Waals surface area contributed by atoms with E-state index in [9.17, 15) is 14.0 Å². The molecule has 0 radical (unpaired) electrons.